The Morgan fingerprint density at radius 3 is 2.58 bits per heavy atom. The van der Waals surface area contributed by atoms with Crippen LogP contribution in [0, 0.1) is 0 Å². The summed E-state index contributed by atoms with van der Waals surface area (Å²) in [7, 11) is 0. The molecule has 0 aliphatic rings. The lowest BCUT2D eigenvalue weighted by Crippen LogP contribution is -2.21. The highest BCUT2D eigenvalue weighted by Crippen LogP contribution is 2.24. The Morgan fingerprint density at radius 1 is 1.21 bits per heavy atom. The van der Waals surface area contributed by atoms with Crippen LogP contribution in [0.2, 0.25) is 0 Å². The van der Waals surface area contributed by atoms with E-state index in [0.717, 1.165) is 10.9 Å². The van der Waals surface area contributed by atoms with Gasteiger partial charge in [-0.1, -0.05) is 26.0 Å². The first-order valence-corrected chi connectivity index (χ1v) is 6.24. The van der Waals surface area contributed by atoms with Crippen LogP contribution in [0.4, 0.5) is 13.2 Å². The van der Waals surface area contributed by atoms with Gasteiger partial charge >= 0.3 is 6.18 Å². The van der Waals surface area contributed by atoms with Gasteiger partial charge in [-0.25, -0.2) is 0 Å². The quantitative estimate of drug-likeness (QED) is 0.896. The zero-order valence-electron chi connectivity index (χ0n) is 11.0. The molecule has 0 saturated heterocycles. The molecule has 0 bridgehead atoms. The number of fused-ring (bicyclic) bond motifs is 1. The van der Waals surface area contributed by atoms with Crippen molar-refractivity contribution in [3.63, 3.8) is 0 Å². The number of hydrogen-bond acceptors (Lipinski definition) is 1. The molecule has 2 aromatic rings. The molecule has 5 heteroatoms. The molecule has 2 nitrogen and oxygen atoms in total. The Balaban J connectivity index is 2.31. The minimum absolute atomic E-state index is 0.340. The summed E-state index contributed by atoms with van der Waals surface area (Å²) in [6.45, 7) is 3.78. The maximum absolute atomic E-state index is 12.5. The summed E-state index contributed by atoms with van der Waals surface area (Å²) in [6.07, 6.45) is -2.70. The van der Waals surface area contributed by atoms with Gasteiger partial charge in [0.15, 0.2) is 0 Å². The summed E-state index contributed by atoms with van der Waals surface area (Å²) >= 11 is 0. The highest BCUT2D eigenvalue weighted by molar-refractivity contribution is 5.83. The van der Waals surface area contributed by atoms with E-state index in [1.54, 1.807) is 18.2 Å². The molecule has 0 saturated carbocycles. The summed E-state index contributed by atoms with van der Waals surface area (Å²) < 4.78 is 38.6. The molecule has 19 heavy (non-hydrogen) atoms. The number of benzene rings is 1. The SMILES string of the molecule is CC(C)NCc1cccc2c1ccn2CC(F)(F)F. The highest BCUT2D eigenvalue weighted by Gasteiger charge is 2.28. The maximum atomic E-state index is 12.5. The highest BCUT2D eigenvalue weighted by atomic mass is 19.4. The Hall–Kier alpha value is -1.49. The van der Waals surface area contributed by atoms with E-state index in [-0.39, 0.29) is 0 Å². The van der Waals surface area contributed by atoms with Gasteiger partial charge in [0.05, 0.1) is 0 Å². The van der Waals surface area contributed by atoms with Crippen LogP contribution in [-0.4, -0.2) is 16.8 Å². The van der Waals surface area contributed by atoms with Gasteiger partial charge in [0, 0.05) is 29.7 Å². The Morgan fingerprint density at radius 2 is 1.95 bits per heavy atom. The number of nitrogens with one attached hydrogen (secondary N) is 1. The van der Waals surface area contributed by atoms with Crippen molar-refractivity contribution in [3.8, 4) is 0 Å². The van der Waals surface area contributed by atoms with E-state index in [1.165, 1.54) is 10.8 Å². The summed E-state index contributed by atoms with van der Waals surface area (Å²) in [6, 6.07) is 7.55. The molecule has 1 aromatic carbocycles. The molecule has 1 heterocycles. The number of aromatic nitrogens is 1. The number of nitrogens with zero attached hydrogens (tertiary/aromatic N) is 1. The number of rotatable bonds is 4. The van der Waals surface area contributed by atoms with Crippen molar-refractivity contribution in [3.05, 3.63) is 36.0 Å². The molecule has 0 spiro atoms. The Bertz CT molecular complexity index is 555. The zero-order valence-corrected chi connectivity index (χ0v) is 11.0. The van der Waals surface area contributed by atoms with Crippen LogP contribution in [0.15, 0.2) is 30.5 Å². The number of hydrogen-bond donors (Lipinski definition) is 1. The molecule has 0 unspecified atom stereocenters. The fraction of sp³-hybridized carbons (Fsp3) is 0.429. The van der Waals surface area contributed by atoms with Gasteiger partial charge < -0.3 is 9.88 Å². The van der Waals surface area contributed by atoms with Gasteiger partial charge in [0.1, 0.15) is 6.54 Å². The summed E-state index contributed by atoms with van der Waals surface area (Å²) in [4.78, 5) is 0. The van der Waals surface area contributed by atoms with Crippen LogP contribution < -0.4 is 5.32 Å². The van der Waals surface area contributed by atoms with Gasteiger partial charge in [-0.05, 0) is 17.7 Å². The van der Waals surface area contributed by atoms with Crippen LogP contribution in [0.5, 0.6) is 0 Å². The predicted molar refractivity (Wildman–Crippen MR) is 70.0 cm³/mol. The van der Waals surface area contributed by atoms with Crippen molar-refractivity contribution in [1.82, 2.24) is 9.88 Å². The van der Waals surface area contributed by atoms with Gasteiger partial charge in [0.2, 0.25) is 0 Å². The summed E-state index contributed by atoms with van der Waals surface area (Å²) in [5.41, 5.74) is 1.65. The van der Waals surface area contributed by atoms with E-state index in [2.05, 4.69) is 5.32 Å². The van der Waals surface area contributed by atoms with Crippen molar-refractivity contribution in [2.24, 2.45) is 0 Å². The zero-order chi connectivity index (χ0) is 14.0. The second-order valence-electron chi connectivity index (χ2n) is 4.94. The molecule has 0 radical (unpaired) electrons. The molecule has 0 amide bonds. The molecular formula is C14H17F3N2. The average Bonchev–Trinajstić information content (AvgIpc) is 2.68. The van der Waals surface area contributed by atoms with Crippen LogP contribution in [0.3, 0.4) is 0 Å². The smallest absolute Gasteiger partial charge is 0.338 e. The second kappa shape index (κ2) is 5.25. The molecule has 0 fully saturated rings. The van der Waals surface area contributed by atoms with Gasteiger partial charge in [-0.15, -0.1) is 0 Å². The third kappa shape index (κ3) is 3.50. The normalized spacial score (nSPS) is 12.5. The average molecular weight is 270 g/mol. The van der Waals surface area contributed by atoms with E-state index in [0.29, 0.717) is 18.1 Å². The monoisotopic (exact) mass is 270 g/mol. The van der Waals surface area contributed by atoms with Gasteiger partial charge in [-0.3, -0.25) is 0 Å². The van der Waals surface area contributed by atoms with E-state index >= 15 is 0 Å². The minimum Gasteiger partial charge on any atom is -0.338 e. The van der Waals surface area contributed by atoms with E-state index in [4.69, 9.17) is 0 Å². The number of alkyl halides is 3. The largest absolute Gasteiger partial charge is 0.406 e. The van der Waals surface area contributed by atoms with Crippen LogP contribution >= 0.6 is 0 Å². The molecule has 0 aliphatic carbocycles. The molecule has 0 aliphatic heterocycles. The molecule has 1 aromatic heterocycles. The van der Waals surface area contributed by atoms with Gasteiger partial charge in [0.25, 0.3) is 0 Å². The van der Waals surface area contributed by atoms with Crippen LogP contribution in [0.1, 0.15) is 19.4 Å². The molecule has 104 valence electrons. The van der Waals surface area contributed by atoms with E-state index < -0.39 is 12.7 Å². The maximum Gasteiger partial charge on any atom is 0.406 e. The van der Waals surface area contributed by atoms with Gasteiger partial charge in [-0.2, -0.15) is 13.2 Å². The molecule has 0 atom stereocenters. The predicted octanol–water partition coefficient (Wildman–Crippen LogP) is 3.70. The second-order valence-corrected chi connectivity index (χ2v) is 4.94. The van der Waals surface area contributed by atoms with Crippen LogP contribution in [-0.2, 0) is 13.1 Å². The fourth-order valence-electron chi connectivity index (χ4n) is 2.09. The lowest BCUT2D eigenvalue weighted by atomic mass is 10.1. The fourth-order valence-corrected chi connectivity index (χ4v) is 2.09. The Labute approximate surface area is 110 Å². The van der Waals surface area contributed by atoms with Crippen molar-refractivity contribution >= 4 is 10.9 Å². The van der Waals surface area contributed by atoms with E-state index in [9.17, 15) is 13.2 Å². The first-order chi connectivity index (χ1) is 8.87. The summed E-state index contributed by atoms with van der Waals surface area (Å²) in [5, 5.41) is 4.15. The third-order valence-corrected chi connectivity index (χ3v) is 2.95. The topological polar surface area (TPSA) is 17.0 Å². The number of halogens is 3. The van der Waals surface area contributed by atoms with Crippen LogP contribution in [0.25, 0.3) is 10.9 Å². The van der Waals surface area contributed by atoms with Crippen molar-refractivity contribution in [2.75, 3.05) is 0 Å². The lowest BCUT2D eigenvalue weighted by Gasteiger charge is -2.11. The van der Waals surface area contributed by atoms with Crippen molar-refractivity contribution in [1.29, 1.82) is 0 Å². The lowest BCUT2D eigenvalue weighted by molar-refractivity contribution is -0.139. The first kappa shape index (κ1) is 13.9. The van der Waals surface area contributed by atoms with Crippen molar-refractivity contribution in [2.45, 2.75) is 39.2 Å². The summed E-state index contributed by atoms with van der Waals surface area (Å²) in [5.74, 6) is 0. The first-order valence-electron chi connectivity index (χ1n) is 6.24. The Kier molecular flexibility index (Phi) is 3.85. The molecule has 2 rings (SSSR count). The minimum atomic E-state index is -4.20. The molecular weight excluding hydrogens is 253 g/mol. The molecule has 1 N–H and O–H groups in total. The third-order valence-electron chi connectivity index (χ3n) is 2.95. The van der Waals surface area contributed by atoms with Crippen molar-refractivity contribution < 1.29 is 13.2 Å². The van der Waals surface area contributed by atoms with E-state index in [1.807, 2.05) is 19.9 Å². The standard InChI is InChI=1S/C14H17F3N2/c1-10(2)18-8-11-4-3-5-13-12(11)6-7-19(13)9-14(15,16)17/h3-7,10,18H,8-9H2,1-2H3.